The number of hydrogen-bond acceptors (Lipinski definition) is 15. The van der Waals surface area contributed by atoms with E-state index < -0.39 is 115 Å². The number of amides is 4. The van der Waals surface area contributed by atoms with Crippen molar-refractivity contribution in [2.45, 2.75) is 136 Å². The minimum atomic E-state index is -4.97. The number of aromatic nitrogens is 2. The van der Waals surface area contributed by atoms with Crippen molar-refractivity contribution in [3.8, 4) is 0 Å². The number of ether oxygens (including phenoxy) is 1. The number of nitrogens with one attached hydrogen (secondary N) is 1. The first-order valence-electron chi connectivity index (χ1n) is 21.1. The molecule has 12 atom stereocenters. The number of phosphoric ester groups is 1. The molecule has 0 aliphatic carbocycles. The van der Waals surface area contributed by atoms with Gasteiger partial charge in [0, 0.05) is 68.7 Å². The molecule has 5 rings (SSSR count). The molecule has 4 heterocycles. The Kier molecular flexibility index (Phi) is 14.9. The summed E-state index contributed by atoms with van der Waals surface area (Å²) in [7, 11) is -4.97. The molecule has 64 heavy (non-hydrogen) atoms. The van der Waals surface area contributed by atoms with E-state index in [4.69, 9.17) is 41.0 Å². The van der Waals surface area contributed by atoms with E-state index in [1.165, 1.54) is 27.1 Å². The van der Waals surface area contributed by atoms with E-state index in [1.54, 1.807) is 25.3 Å². The Bertz CT molecular complexity index is 2320. The van der Waals surface area contributed by atoms with Crippen LogP contribution >= 0.6 is 7.82 Å². The highest BCUT2D eigenvalue weighted by Crippen LogP contribution is 2.59. The van der Waals surface area contributed by atoms with Gasteiger partial charge < -0.3 is 46.9 Å². The normalized spacial score (nSPS) is 31.6. The summed E-state index contributed by atoms with van der Waals surface area (Å²) < 4.78 is 31.4. The van der Waals surface area contributed by atoms with Crippen LogP contribution in [-0.2, 0) is 47.1 Å². The molecule has 1 aromatic heterocycles. The number of aliphatic hydroxyl groups is 2. The largest absolute Gasteiger partial charge is 0.472 e. The van der Waals surface area contributed by atoms with Crippen molar-refractivity contribution in [2.75, 3.05) is 13.2 Å². The third-order valence-electron chi connectivity index (χ3n) is 13.5. The smallest absolute Gasteiger partial charge is 0.394 e. The molecule has 1 fully saturated rings. The number of rotatable bonds is 21. The Labute approximate surface area is 370 Å². The van der Waals surface area contributed by atoms with Crippen LogP contribution in [-0.4, -0.2) is 120 Å². The maximum Gasteiger partial charge on any atom is 0.472 e. The van der Waals surface area contributed by atoms with Gasteiger partial charge in [-0.15, -0.1) is 0 Å². The number of aryl methyl sites for hydroxylation is 2. The zero-order valence-corrected chi connectivity index (χ0v) is 38.3. The fraction of sp³-hybridized carbons (Fsp3) is 0.643. The highest BCUT2D eigenvalue weighted by Gasteiger charge is 2.66. The Balaban J connectivity index is 1.29. The van der Waals surface area contributed by atoms with Gasteiger partial charge in [0.1, 0.15) is 18.3 Å². The van der Waals surface area contributed by atoms with Gasteiger partial charge in [0.15, 0.2) is 17.8 Å². The molecule has 352 valence electrons. The van der Waals surface area contributed by atoms with E-state index in [9.17, 15) is 48.4 Å². The lowest BCUT2D eigenvalue weighted by Crippen LogP contribution is -2.56. The lowest BCUT2D eigenvalue weighted by molar-refractivity contribution is -0.124. The maximum atomic E-state index is 13.4. The van der Waals surface area contributed by atoms with Gasteiger partial charge in [0.2, 0.25) is 23.6 Å². The van der Waals surface area contributed by atoms with Crippen molar-refractivity contribution in [2.24, 2.45) is 49.9 Å². The van der Waals surface area contributed by atoms with Gasteiger partial charge in [-0.3, -0.25) is 47.8 Å². The first-order valence-corrected chi connectivity index (χ1v) is 22.6. The van der Waals surface area contributed by atoms with Crippen LogP contribution in [0.5, 0.6) is 0 Å². The van der Waals surface area contributed by atoms with Crippen molar-refractivity contribution >= 4 is 65.5 Å². The molecule has 1 saturated heterocycles. The molecule has 0 radical (unpaired) electrons. The van der Waals surface area contributed by atoms with Gasteiger partial charge >= 0.3 is 7.82 Å². The van der Waals surface area contributed by atoms with E-state index >= 15 is 0 Å². The number of carbonyl (C=O) groups is 6. The molecule has 0 bridgehead atoms. The highest BCUT2D eigenvalue weighted by atomic mass is 31.2. The number of Topliss-reactive ketones (excluding diaryl/α,β-unsaturated/α-hetero) is 2. The molecule has 0 spiro atoms. The van der Waals surface area contributed by atoms with Crippen molar-refractivity contribution in [3.05, 3.63) is 29.6 Å². The summed E-state index contributed by atoms with van der Waals surface area (Å²) in [5, 5.41) is 23.9. The van der Waals surface area contributed by atoms with E-state index in [1.807, 2.05) is 26.0 Å². The Morgan fingerprint density at radius 3 is 2.23 bits per heavy atom. The zero-order valence-electron chi connectivity index (χ0n) is 37.4. The van der Waals surface area contributed by atoms with Crippen LogP contribution in [0.15, 0.2) is 28.4 Å². The first-order chi connectivity index (χ1) is 29.7. The van der Waals surface area contributed by atoms with Crippen LogP contribution in [0.4, 0.5) is 0 Å². The van der Waals surface area contributed by atoms with Crippen LogP contribution in [0.1, 0.15) is 97.4 Å². The average molecular weight is 917 g/mol. The fourth-order valence-electron chi connectivity index (χ4n) is 9.89. The number of hydrogen-bond donors (Lipinski definition) is 7. The minimum Gasteiger partial charge on any atom is -0.394 e. The number of primary amides is 3. The van der Waals surface area contributed by atoms with Gasteiger partial charge in [0.05, 0.1) is 53.1 Å². The molecule has 3 aliphatic rings. The second kappa shape index (κ2) is 19.0. The number of aliphatic hydroxyl groups excluding tert-OH is 2. The van der Waals surface area contributed by atoms with E-state index in [0.717, 1.165) is 11.1 Å². The predicted molar refractivity (Wildman–Crippen MR) is 231 cm³/mol. The van der Waals surface area contributed by atoms with Gasteiger partial charge in [0.25, 0.3) is 0 Å². The monoisotopic (exact) mass is 916 g/mol. The molecule has 10 N–H and O–H groups in total. The molecule has 22 heteroatoms. The third-order valence-corrected chi connectivity index (χ3v) is 14.6. The lowest BCUT2D eigenvalue weighted by atomic mass is 9.56. The minimum absolute atomic E-state index is 0.0439. The molecule has 21 nitrogen and oxygen atoms in total. The first kappa shape index (κ1) is 50.2. The Morgan fingerprint density at radius 2 is 1.66 bits per heavy atom. The number of imidazole rings is 1. The number of nitrogens with zero attached hydrogens (tertiary/aromatic N) is 4. The molecule has 1 unspecified atom stereocenters. The Morgan fingerprint density at radius 1 is 1.00 bits per heavy atom. The van der Waals surface area contributed by atoms with Crippen LogP contribution < -0.4 is 22.5 Å². The standard InChI is InChI=1S/C42H61N8O13P/c1-20-13-27-28(14-21(20)2)50(19-47-27)39-35(58)36(29(18-51)61-39)63-64(59,60)62-22(3)17-46-33(57)11-12-40(6)26(15-31(44)55)38(48-37(40)24(5)53)42(8)41(7,16-32(45)56)25(9-10-30(43)54)34(49-42)23(4)52/h13-14,19,22,25-26,29,35-36,38-39,51,58H,9-12,15-18H2,1-8H3,(H2,43,54)(H2,44,55)(H2,45,56)(H,46,57)(H,59,60)/t22-,25-,26+,29-,35-,36-,38-,39+,40-,41+,42+/m1/s1. The number of fused-ring (bicyclic) bond motifs is 1. The molecule has 3 aliphatic heterocycles. The van der Waals surface area contributed by atoms with E-state index in [-0.39, 0.29) is 56.5 Å². The second-order valence-electron chi connectivity index (χ2n) is 18.1. The predicted octanol–water partition coefficient (Wildman–Crippen LogP) is 1.17. The van der Waals surface area contributed by atoms with Crippen molar-refractivity contribution in [1.82, 2.24) is 14.9 Å². The summed E-state index contributed by atoms with van der Waals surface area (Å²) in [5.41, 5.74) is 16.4. The van der Waals surface area contributed by atoms with Crippen molar-refractivity contribution in [1.29, 1.82) is 0 Å². The van der Waals surface area contributed by atoms with Crippen molar-refractivity contribution < 1.29 is 62.2 Å². The number of ketones is 2. The van der Waals surface area contributed by atoms with Crippen LogP contribution in [0.25, 0.3) is 11.0 Å². The number of aliphatic imine (C=N–C) groups is 2. The highest BCUT2D eigenvalue weighted by molar-refractivity contribution is 7.47. The van der Waals surface area contributed by atoms with Crippen molar-refractivity contribution in [3.63, 3.8) is 0 Å². The summed E-state index contributed by atoms with van der Waals surface area (Å²) in [4.78, 5) is 102. The lowest BCUT2D eigenvalue weighted by Gasteiger charge is -2.48. The fourth-order valence-corrected chi connectivity index (χ4v) is 11.0. The second-order valence-corrected chi connectivity index (χ2v) is 19.4. The van der Waals surface area contributed by atoms with Gasteiger partial charge in [-0.25, -0.2) is 9.55 Å². The molecule has 1 aromatic carbocycles. The van der Waals surface area contributed by atoms with Gasteiger partial charge in [-0.1, -0.05) is 13.8 Å². The van der Waals surface area contributed by atoms with Crippen LogP contribution in [0.3, 0.4) is 0 Å². The van der Waals surface area contributed by atoms with Crippen LogP contribution in [0, 0.1) is 36.5 Å². The molecular weight excluding hydrogens is 855 g/mol. The maximum absolute atomic E-state index is 13.4. The zero-order chi connectivity index (χ0) is 47.9. The average Bonchev–Trinajstić information content (AvgIpc) is 3.87. The molecule has 0 saturated carbocycles. The summed E-state index contributed by atoms with van der Waals surface area (Å²) >= 11 is 0. The van der Waals surface area contributed by atoms with Gasteiger partial charge in [-0.2, -0.15) is 0 Å². The third kappa shape index (κ3) is 9.90. The molecule has 2 aromatic rings. The SMILES string of the molecule is CC(=O)C1=N[C@@](C)([C@@H]2N=C(C(C)=O)[C@](C)(CCC(=O)NC[C@@H](C)OP(=O)(O)O[C@H]3[C@@H](O)[C@@H](n4cnc5cc(C)c(C)cc54)O[C@@H]3CO)[C@H]2CC(N)=O)[C@@](C)(CC(N)=O)[C@@H]1CCC(N)=O. The number of benzene rings is 1. The van der Waals surface area contributed by atoms with E-state index in [2.05, 4.69) is 10.3 Å². The summed E-state index contributed by atoms with van der Waals surface area (Å²) in [6, 6.07) is 2.70. The topological polar surface area (TPSA) is 340 Å². The number of nitrogens with two attached hydrogens (primary N) is 3. The quantitative estimate of drug-likeness (QED) is 0.0865. The summed E-state index contributed by atoms with van der Waals surface area (Å²) in [6.45, 7) is 11.9. The summed E-state index contributed by atoms with van der Waals surface area (Å²) in [6.07, 6.45) is -6.05. The molecule has 4 amide bonds. The van der Waals surface area contributed by atoms with Gasteiger partial charge in [-0.05, 0) is 63.8 Å². The number of carbonyl (C=O) groups excluding carboxylic acids is 6. The molecular formula is C42H61N8O13P. The van der Waals surface area contributed by atoms with E-state index in [0.29, 0.717) is 11.0 Å². The van der Waals surface area contributed by atoms with Crippen LogP contribution in [0.2, 0.25) is 0 Å². The summed E-state index contributed by atoms with van der Waals surface area (Å²) in [5.74, 6) is -5.21. The Hall–Kier alpha value is -4.76. The number of phosphoric acid groups is 1.